The molecule has 0 atom stereocenters. The number of hydrogen-bond acceptors (Lipinski definition) is 5. The van der Waals surface area contributed by atoms with Gasteiger partial charge in [-0.05, 0) is 62.6 Å². The lowest BCUT2D eigenvalue weighted by Gasteiger charge is -2.11. The van der Waals surface area contributed by atoms with E-state index in [9.17, 15) is 9.59 Å². The van der Waals surface area contributed by atoms with Crippen molar-refractivity contribution in [3.8, 4) is 5.69 Å². The number of para-hydroxylation sites is 1. The van der Waals surface area contributed by atoms with Crippen molar-refractivity contribution >= 4 is 33.3 Å². The van der Waals surface area contributed by atoms with E-state index in [2.05, 4.69) is 15.3 Å². The summed E-state index contributed by atoms with van der Waals surface area (Å²) in [6, 6.07) is 14.3. The molecule has 0 spiro atoms. The number of fused-ring (bicyclic) bond motifs is 2. The Morgan fingerprint density at radius 1 is 1.07 bits per heavy atom. The van der Waals surface area contributed by atoms with Crippen molar-refractivity contribution in [1.82, 2.24) is 14.5 Å². The van der Waals surface area contributed by atoms with Crippen LogP contribution in [0.2, 0.25) is 0 Å². The van der Waals surface area contributed by atoms with Gasteiger partial charge < -0.3 is 0 Å². The van der Waals surface area contributed by atoms with Crippen molar-refractivity contribution < 1.29 is 4.79 Å². The first kappa shape index (κ1) is 17.8. The van der Waals surface area contributed by atoms with Crippen LogP contribution in [-0.4, -0.2) is 20.4 Å². The minimum Gasteiger partial charge on any atom is -0.298 e. The Labute approximate surface area is 170 Å². The first-order valence-corrected chi connectivity index (χ1v) is 10.3. The average Bonchev–Trinajstić information content (AvgIpc) is 3.30. The maximum atomic E-state index is 12.9. The van der Waals surface area contributed by atoms with E-state index in [1.807, 2.05) is 18.2 Å². The maximum absolute atomic E-state index is 12.9. The van der Waals surface area contributed by atoms with Crippen LogP contribution in [0.15, 0.2) is 53.3 Å². The van der Waals surface area contributed by atoms with Gasteiger partial charge in [-0.1, -0.05) is 12.1 Å². The van der Waals surface area contributed by atoms with Gasteiger partial charge in [-0.2, -0.15) is 0 Å². The van der Waals surface area contributed by atoms with E-state index in [1.54, 1.807) is 53.2 Å². The molecule has 0 bridgehead atoms. The zero-order chi connectivity index (χ0) is 20.0. The number of hydrogen-bond donors (Lipinski definition) is 1. The molecule has 1 N–H and O–H groups in total. The van der Waals surface area contributed by atoms with Crippen LogP contribution in [0.5, 0.6) is 0 Å². The number of aryl methyl sites for hydroxylation is 3. The molecule has 2 aromatic carbocycles. The molecule has 0 radical (unpaired) electrons. The predicted molar refractivity (Wildman–Crippen MR) is 114 cm³/mol. The summed E-state index contributed by atoms with van der Waals surface area (Å²) in [5, 5.41) is 4.10. The topological polar surface area (TPSA) is 76.9 Å². The van der Waals surface area contributed by atoms with E-state index < -0.39 is 0 Å². The lowest BCUT2D eigenvalue weighted by Crippen LogP contribution is -2.22. The summed E-state index contributed by atoms with van der Waals surface area (Å²) in [5.41, 5.74) is 2.86. The van der Waals surface area contributed by atoms with Gasteiger partial charge in [0.1, 0.15) is 5.82 Å². The van der Waals surface area contributed by atoms with E-state index in [0.29, 0.717) is 33.1 Å². The van der Waals surface area contributed by atoms with Crippen LogP contribution >= 0.6 is 11.3 Å². The summed E-state index contributed by atoms with van der Waals surface area (Å²) in [6.45, 7) is 1.80. The summed E-state index contributed by atoms with van der Waals surface area (Å²) in [7, 11) is 0. The molecular weight excluding hydrogens is 384 g/mol. The predicted octanol–water partition coefficient (Wildman–Crippen LogP) is 3.89. The number of aromatic nitrogens is 3. The lowest BCUT2D eigenvalue weighted by atomic mass is 10.2. The molecule has 29 heavy (non-hydrogen) atoms. The molecule has 0 aliphatic heterocycles. The Kier molecular flexibility index (Phi) is 4.24. The third-order valence-corrected chi connectivity index (χ3v) is 6.22. The minimum absolute atomic E-state index is 0.123. The van der Waals surface area contributed by atoms with Crippen molar-refractivity contribution in [3.63, 3.8) is 0 Å². The number of rotatable bonds is 3. The van der Waals surface area contributed by atoms with Gasteiger partial charge in [0.05, 0.1) is 22.3 Å². The summed E-state index contributed by atoms with van der Waals surface area (Å²) in [4.78, 5) is 35.8. The third kappa shape index (κ3) is 3.13. The zero-order valence-corrected chi connectivity index (χ0v) is 16.6. The fourth-order valence-electron chi connectivity index (χ4n) is 3.72. The normalized spacial score (nSPS) is 12.9. The average molecular weight is 402 g/mol. The van der Waals surface area contributed by atoms with Gasteiger partial charge in [-0.15, -0.1) is 11.3 Å². The fraction of sp³-hybridized carbons (Fsp3) is 0.182. The number of carbonyl (C=O) groups is 1. The minimum atomic E-state index is -0.204. The molecule has 1 aliphatic carbocycles. The van der Waals surface area contributed by atoms with E-state index >= 15 is 0 Å². The van der Waals surface area contributed by atoms with Crippen LogP contribution in [0.3, 0.4) is 0 Å². The van der Waals surface area contributed by atoms with E-state index in [-0.39, 0.29) is 11.5 Å². The highest BCUT2D eigenvalue weighted by atomic mass is 32.1. The molecule has 144 valence electrons. The summed E-state index contributed by atoms with van der Waals surface area (Å²) >= 11 is 1.55. The van der Waals surface area contributed by atoms with Gasteiger partial charge in [-0.25, -0.2) is 9.97 Å². The molecule has 0 saturated heterocycles. The first-order chi connectivity index (χ1) is 14.1. The zero-order valence-electron chi connectivity index (χ0n) is 15.8. The maximum Gasteiger partial charge on any atom is 0.265 e. The smallest absolute Gasteiger partial charge is 0.265 e. The van der Waals surface area contributed by atoms with Crippen molar-refractivity contribution in [2.45, 2.75) is 26.2 Å². The Hall–Kier alpha value is -3.32. The summed E-state index contributed by atoms with van der Waals surface area (Å²) in [5.74, 6) is 0.396. The summed E-state index contributed by atoms with van der Waals surface area (Å²) < 4.78 is 1.56. The van der Waals surface area contributed by atoms with Crippen molar-refractivity contribution in [1.29, 1.82) is 0 Å². The molecule has 1 amide bonds. The van der Waals surface area contributed by atoms with Gasteiger partial charge in [0.2, 0.25) is 0 Å². The molecule has 0 unspecified atom stereocenters. The molecule has 6 nitrogen and oxygen atoms in total. The Bertz CT molecular complexity index is 1280. The standard InChI is InChI=1S/C22H18N4O2S/c1-13-23-17-6-3-2-5-16(17)21(28)26(13)15-11-9-14(10-12-15)20(27)25-22-24-18-7-4-8-19(18)29-22/h2-3,5-6,9-12H,4,7-8H2,1H3,(H,24,25,27). The molecule has 7 heteroatoms. The summed E-state index contributed by atoms with van der Waals surface area (Å²) in [6.07, 6.45) is 3.18. The Morgan fingerprint density at radius 3 is 2.66 bits per heavy atom. The number of anilines is 1. The quantitative estimate of drug-likeness (QED) is 0.564. The molecular formula is C22H18N4O2S. The SMILES string of the molecule is Cc1nc2ccccc2c(=O)n1-c1ccc(C(=O)Nc2nc3c(s2)CCC3)cc1. The van der Waals surface area contributed by atoms with E-state index in [1.165, 1.54) is 4.88 Å². The van der Waals surface area contributed by atoms with E-state index in [4.69, 9.17) is 0 Å². The second-order valence-electron chi connectivity index (χ2n) is 7.06. The van der Waals surface area contributed by atoms with Crippen LogP contribution in [0.4, 0.5) is 5.13 Å². The molecule has 4 aromatic rings. The largest absolute Gasteiger partial charge is 0.298 e. The molecule has 1 aliphatic rings. The van der Waals surface area contributed by atoms with Crippen molar-refractivity contribution in [2.24, 2.45) is 0 Å². The highest BCUT2D eigenvalue weighted by Crippen LogP contribution is 2.30. The third-order valence-electron chi connectivity index (χ3n) is 5.15. The highest BCUT2D eigenvalue weighted by molar-refractivity contribution is 7.16. The molecule has 2 heterocycles. The molecule has 5 rings (SSSR count). The number of thiazole rings is 1. The first-order valence-electron chi connectivity index (χ1n) is 9.49. The number of nitrogens with one attached hydrogen (secondary N) is 1. The lowest BCUT2D eigenvalue weighted by molar-refractivity contribution is 0.102. The van der Waals surface area contributed by atoms with Crippen LogP contribution in [-0.2, 0) is 12.8 Å². The van der Waals surface area contributed by atoms with E-state index in [0.717, 1.165) is 25.0 Å². The van der Waals surface area contributed by atoms with Gasteiger partial charge >= 0.3 is 0 Å². The second-order valence-corrected chi connectivity index (χ2v) is 8.14. The fourth-order valence-corrected chi connectivity index (χ4v) is 4.77. The van der Waals surface area contributed by atoms with Crippen molar-refractivity contribution in [3.05, 3.63) is 80.8 Å². The Morgan fingerprint density at radius 2 is 1.86 bits per heavy atom. The van der Waals surface area contributed by atoms with Gasteiger partial charge in [0, 0.05) is 10.4 Å². The van der Waals surface area contributed by atoms with Gasteiger partial charge in [0.25, 0.3) is 11.5 Å². The molecule has 0 fully saturated rings. The number of amides is 1. The Balaban J connectivity index is 1.43. The van der Waals surface area contributed by atoms with Crippen LogP contribution in [0.1, 0.15) is 33.2 Å². The molecule has 0 saturated carbocycles. The number of benzene rings is 2. The van der Waals surface area contributed by atoms with Crippen LogP contribution < -0.4 is 10.9 Å². The van der Waals surface area contributed by atoms with Gasteiger partial charge in [-0.3, -0.25) is 19.5 Å². The van der Waals surface area contributed by atoms with Crippen LogP contribution in [0.25, 0.3) is 16.6 Å². The van der Waals surface area contributed by atoms with Crippen molar-refractivity contribution in [2.75, 3.05) is 5.32 Å². The van der Waals surface area contributed by atoms with Gasteiger partial charge in [0.15, 0.2) is 5.13 Å². The second kappa shape index (κ2) is 6.93. The number of nitrogens with zero attached hydrogens (tertiary/aromatic N) is 3. The number of carbonyl (C=O) groups excluding carboxylic acids is 1. The monoisotopic (exact) mass is 402 g/mol. The van der Waals surface area contributed by atoms with Crippen LogP contribution in [0, 0.1) is 6.92 Å². The molecule has 2 aromatic heterocycles. The highest BCUT2D eigenvalue weighted by Gasteiger charge is 2.18.